The molecule has 3 nitrogen and oxygen atoms in total. The number of ether oxygens (including phenoxy) is 1. The predicted octanol–water partition coefficient (Wildman–Crippen LogP) is 3.20. The van der Waals surface area contributed by atoms with E-state index in [1.54, 1.807) is 7.11 Å². The summed E-state index contributed by atoms with van der Waals surface area (Å²) < 4.78 is 5.57. The Kier molecular flexibility index (Phi) is 3.21. The van der Waals surface area contributed by atoms with Crippen molar-refractivity contribution in [2.45, 2.75) is 31.0 Å². The maximum absolute atomic E-state index is 6.15. The van der Waals surface area contributed by atoms with Gasteiger partial charge in [-0.15, -0.1) is 0 Å². The maximum Gasteiger partial charge on any atom is 0.123 e. The van der Waals surface area contributed by atoms with E-state index in [0.29, 0.717) is 6.54 Å². The third kappa shape index (κ3) is 1.89. The highest BCUT2D eigenvalue weighted by molar-refractivity contribution is 5.47. The van der Waals surface area contributed by atoms with Crippen molar-refractivity contribution in [3.63, 3.8) is 0 Å². The van der Waals surface area contributed by atoms with E-state index in [4.69, 9.17) is 10.5 Å². The fourth-order valence-electron chi connectivity index (χ4n) is 4.02. The highest BCUT2D eigenvalue weighted by Crippen LogP contribution is 2.57. The fourth-order valence-corrected chi connectivity index (χ4v) is 4.02. The van der Waals surface area contributed by atoms with Crippen LogP contribution in [0.4, 0.5) is 0 Å². The van der Waals surface area contributed by atoms with E-state index in [0.717, 1.165) is 12.3 Å². The molecule has 1 aliphatic heterocycles. The Morgan fingerprint density at radius 1 is 1.14 bits per heavy atom. The average Bonchev–Trinajstić information content (AvgIpc) is 3.30. The van der Waals surface area contributed by atoms with E-state index in [9.17, 15) is 0 Å². The van der Waals surface area contributed by atoms with Crippen molar-refractivity contribution in [2.24, 2.45) is 5.73 Å². The van der Waals surface area contributed by atoms with Crippen molar-refractivity contribution in [3.8, 4) is 5.75 Å². The van der Waals surface area contributed by atoms with Gasteiger partial charge < -0.3 is 10.5 Å². The molecule has 0 amide bonds. The first kappa shape index (κ1) is 13.8. The molecule has 1 atom stereocenters. The Morgan fingerprint density at radius 3 is 2.55 bits per heavy atom. The largest absolute Gasteiger partial charge is 0.496 e. The molecule has 1 aliphatic carbocycles. The molecule has 2 aliphatic rings. The summed E-state index contributed by atoms with van der Waals surface area (Å²) in [7, 11) is 1.75. The predicted molar refractivity (Wildman–Crippen MR) is 87.7 cm³/mol. The van der Waals surface area contributed by atoms with Crippen LogP contribution in [0.2, 0.25) is 0 Å². The molecule has 114 valence electrons. The zero-order valence-corrected chi connectivity index (χ0v) is 13.0. The van der Waals surface area contributed by atoms with Crippen LogP contribution in [0.5, 0.6) is 5.75 Å². The van der Waals surface area contributed by atoms with Gasteiger partial charge in [-0.1, -0.05) is 42.5 Å². The van der Waals surface area contributed by atoms with Gasteiger partial charge in [0.05, 0.1) is 7.11 Å². The minimum absolute atomic E-state index is 0.162. The normalized spacial score (nSPS) is 22.4. The number of nitrogens with two attached hydrogens (primary N) is 1. The molecule has 2 aromatic rings. The topological polar surface area (TPSA) is 38.5 Å². The van der Waals surface area contributed by atoms with Crippen LogP contribution in [0.15, 0.2) is 48.5 Å². The summed E-state index contributed by atoms with van der Waals surface area (Å²) in [6, 6.07) is 17.5. The summed E-state index contributed by atoms with van der Waals surface area (Å²) in [6.45, 7) is 1.57. The average molecular weight is 294 g/mol. The molecule has 1 fully saturated rings. The van der Waals surface area contributed by atoms with Gasteiger partial charge in [-0.05, 0) is 30.0 Å². The Bertz CT molecular complexity index is 679. The Morgan fingerprint density at radius 2 is 1.91 bits per heavy atom. The first-order chi connectivity index (χ1) is 10.8. The quantitative estimate of drug-likeness (QED) is 0.941. The van der Waals surface area contributed by atoms with Crippen LogP contribution in [-0.4, -0.2) is 18.6 Å². The molecular weight excluding hydrogens is 272 g/mol. The van der Waals surface area contributed by atoms with E-state index in [1.165, 1.54) is 29.5 Å². The first-order valence-corrected chi connectivity index (χ1v) is 7.98. The summed E-state index contributed by atoms with van der Waals surface area (Å²) >= 11 is 0. The number of nitrogens with zero attached hydrogens (tertiary/aromatic N) is 1. The number of hydrogen-bond donors (Lipinski definition) is 1. The standard InChI is InChI=1S/C19H22N2O/c1-22-18-9-5-8-15-16(18)13-21(17(15)12-20)19(10-11-19)14-6-3-2-4-7-14/h2-9,17H,10-13,20H2,1H3. The minimum atomic E-state index is 0.162. The molecule has 1 saturated carbocycles. The van der Waals surface area contributed by atoms with Crippen LogP contribution in [0.3, 0.4) is 0 Å². The Balaban J connectivity index is 1.76. The van der Waals surface area contributed by atoms with E-state index >= 15 is 0 Å². The molecule has 1 unspecified atom stereocenters. The van der Waals surface area contributed by atoms with E-state index in [2.05, 4.69) is 53.4 Å². The second-order valence-electron chi connectivity index (χ2n) is 6.31. The minimum Gasteiger partial charge on any atom is -0.496 e. The smallest absolute Gasteiger partial charge is 0.123 e. The van der Waals surface area contributed by atoms with Crippen molar-refractivity contribution in [2.75, 3.05) is 13.7 Å². The number of methoxy groups -OCH3 is 1. The van der Waals surface area contributed by atoms with Crippen molar-refractivity contribution < 1.29 is 4.74 Å². The molecule has 22 heavy (non-hydrogen) atoms. The van der Waals surface area contributed by atoms with Gasteiger partial charge >= 0.3 is 0 Å². The maximum atomic E-state index is 6.15. The molecule has 0 radical (unpaired) electrons. The van der Waals surface area contributed by atoms with Crippen molar-refractivity contribution in [1.29, 1.82) is 0 Å². The van der Waals surface area contributed by atoms with Gasteiger partial charge in [0.25, 0.3) is 0 Å². The first-order valence-electron chi connectivity index (χ1n) is 7.98. The molecule has 1 heterocycles. The second kappa shape index (κ2) is 5.11. The monoisotopic (exact) mass is 294 g/mol. The molecule has 4 rings (SSSR count). The van der Waals surface area contributed by atoms with Gasteiger partial charge in [-0.3, -0.25) is 4.90 Å². The molecule has 0 spiro atoms. The molecular formula is C19H22N2O. The van der Waals surface area contributed by atoms with Crippen molar-refractivity contribution >= 4 is 0 Å². The lowest BCUT2D eigenvalue weighted by Crippen LogP contribution is -2.37. The number of rotatable bonds is 4. The lowest BCUT2D eigenvalue weighted by molar-refractivity contribution is 0.129. The summed E-state index contributed by atoms with van der Waals surface area (Å²) in [5, 5.41) is 0. The summed E-state index contributed by atoms with van der Waals surface area (Å²) in [6.07, 6.45) is 2.42. The molecule has 0 saturated heterocycles. The SMILES string of the molecule is COc1cccc2c1CN(C1(c3ccccc3)CC1)C2CN. The lowest BCUT2D eigenvalue weighted by Gasteiger charge is -2.33. The number of fused-ring (bicyclic) bond motifs is 1. The van der Waals surface area contributed by atoms with Crippen LogP contribution in [0, 0.1) is 0 Å². The highest BCUT2D eigenvalue weighted by Gasteiger charge is 2.53. The molecule has 3 heteroatoms. The van der Waals surface area contributed by atoms with Crippen LogP contribution >= 0.6 is 0 Å². The zero-order valence-electron chi connectivity index (χ0n) is 13.0. The third-order valence-corrected chi connectivity index (χ3v) is 5.26. The van der Waals surface area contributed by atoms with Gasteiger partial charge in [0.1, 0.15) is 5.75 Å². The second-order valence-corrected chi connectivity index (χ2v) is 6.31. The van der Waals surface area contributed by atoms with Crippen molar-refractivity contribution in [3.05, 3.63) is 65.2 Å². The Hall–Kier alpha value is -1.84. The summed E-state index contributed by atoms with van der Waals surface area (Å²) in [5.74, 6) is 0.988. The van der Waals surface area contributed by atoms with Crippen LogP contribution in [0.1, 0.15) is 35.6 Å². The van der Waals surface area contributed by atoms with Crippen LogP contribution < -0.4 is 10.5 Å². The van der Waals surface area contributed by atoms with E-state index in [1.807, 2.05) is 0 Å². The van der Waals surface area contributed by atoms with Crippen molar-refractivity contribution in [1.82, 2.24) is 4.90 Å². The van der Waals surface area contributed by atoms with E-state index < -0.39 is 0 Å². The van der Waals surface area contributed by atoms with Crippen LogP contribution in [-0.2, 0) is 12.1 Å². The van der Waals surface area contributed by atoms with Gasteiger partial charge in [0.2, 0.25) is 0 Å². The third-order valence-electron chi connectivity index (χ3n) is 5.26. The summed E-state index contributed by atoms with van der Waals surface area (Å²) in [5.41, 5.74) is 10.4. The lowest BCUT2D eigenvalue weighted by atomic mass is 10.0. The highest BCUT2D eigenvalue weighted by atomic mass is 16.5. The number of hydrogen-bond acceptors (Lipinski definition) is 3. The van der Waals surface area contributed by atoms with Gasteiger partial charge in [-0.2, -0.15) is 0 Å². The van der Waals surface area contributed by atoms with Gasteiger partial charge in [0.15, 0.2) is 0 Å². The molecule has 0 aromatic heterocycles. The van der Waals surface area contributed by atoms with E-state index in [-0.39, 0.29) is 11.6 Å². The Labute approximate surface area is 131 Å². The van der Waals surface area contributed by atoms with Gasteiger partial charge in [0, 0.05) is 30.2 Å². The number of benzene rings is 2. The van der Waals surface area contributed by atoms with Gasteiger partial charge in [-0.25, -0.2) is 0 Å². The zero-order chi connectivity index (χ0) is 15.2. The fraction of sp³-hybridized carbons (Fsp3) is 0.368. The molecule has 2 N–H and O–H groups in total. The van der Waals surface area contributed by atoms with Crippen LogP contribution in [0.25, 0.3) is 0 Å². The molecule has 0 bridgehead atoms. The summed E-state index contributed by atoms with van der Waals surface area (Å²) in [4.78, 5) is 2.59. The molecule has 2 aromatic carbocycles.